The van der Waals surface area contributed by atoms with E-state index in [9.17, 15) is 14.4 Å². The number of ether oxygens (including phenoxy) is 4. The molecule has 0 N–H and O–H groups in total. The van der Waals surface area contributed by atoms with Crippen LogP contribution in [0.5, 0.6) is 0 Å². The number of unbranched alkanes of at least 4 members (excludes halogenated alkanes) is 20. The lowest BCUT2D eigenvalue weighted by atomic mass is 10.1. The van der Waals surface area contributed by atoms with Crippen LogP contribution in [0, 0.1) is 0 Å². The summed E-state index contributed by atoms with van der Waals surface area (Å²) >= 11 is 0. The zero-order chi connectivity index (χ0) is 41.7. The molecule has 2 atom stereocenters. The minimum atomic E-state index is -0.674. The molecule has 1 aromatic heterocycles. The molecule has 1 heterocycles. The van der Waals surface area contributed by atoms with E-state index >= 15 is 0 Å². The molecule has 0 bridgehead atoms. The summed E-state index contributed by atoms with van der Waals surface area (Å²) in [4.78, 5) is 38.2. The van der Waals surface area contributed by atoms with Gasteiger partial charge in [-0.2, -0.15) is 0 Å². The topological polar surface area (TPSA) is 119 Å². The molecule has 0 aromatic carbocycles. The highest BCUT2D eigenvalue weighted by Gasteiger charge is 2.21. The summed E-state index contributed by atoms with van der Waals surface area (Å²) in [5.74, 6) is -0.554. The Morgan fingerprint density at radius 2 is 1.16 bits per heavy atom. The predicted octanol–water partition coefficient (Wildman–Crippen LogP) is 11.9. The molecule has 0 spiro atoms. The Labute approximate surface area is 343 Å². The Balaban J connectivity index is 0.0000149. The SMILES string of the molecule is CC.CCCCCCCCCCCCCC(=O)OCC(Cn1cc(CCC(=O)C(C)OCCC(C)(C)OC)nn1)OC(=O)CCCCCCCCCCCCC. The highest BCUT2D eigenvalue weighted by molar-refractivity contribution is 5.82. The van der Waals surface area contributed by atoms with Crippen LogP contribution in [0.2, 0.25) is 0 Å². The molecule has 0 saturated heterocycles. The molecule has 1 rings (SSSR count). The maximum Gasteiger partial charge on any atom is 0.306 e. The lowest BCUT2D eigenvalue weighted by Crippen LogP contribution is -2.30. The van der Waals surface area contributed by atoms with E-state index in [-0.39, 0.29) is 42.9 Å². The van der Waals surface area contributed by atoms with Crippen LogP contribution in [-0.2, 0) is 46.3 Å². The Hall–Kier alpha value is -2.33. The van der Waals surface area contributed by atoms with Crippen molar-refractivity contribution in [1.29, 1.82) is 0 Å². The van der Waals surface area contributed by atoms with E-state index in [0.717, 1.165) is 38.5 Å². The first-order valence-corrected chi connectivity index (χ1v) is 23.0. The van der Waals surface area contributed by atoms with Gasteiger partial charge < -0.3 is 18.9 Å². The van der Waals surface area contributed by atoms with Gasteiger partial charge >= 0.3 is 11.9 Å². The minimum Gasteiger partial charge on any atom is -0.462 e. The van der Waals surface area contributed by atoms with Gasteiger partial charge in [0.15, 0.2) is 11.9 Å². The van der Waals surface area contributed by atoms with Crippen LogP contribution in [0.4, 0.5) is 0 Å². The molecular weight excluding hydrogens is 707 g/mol. The van der Waals surface area contributed by atoms with Gasteiger partial charge in [-0.25, -0.2) is 4.68 Å². The summed E-state index contributed by atoms with van der Waals surface area (Å²) < 4.78 is 24.2. The molecule has 0 amide bonds. The second kappa shape index (κ2) is 37.0. The van der Waals surface area contributed by atoms with Crippen molar-refractivity contribution in [1.82, 2.24) is 15.0 Å². The van der Waals surface area contributed by atoms with Gasteiger partial charge in [0.2, 0.25) is 0 Å². The average Bonchev–Trinajstić information content (AvgIpc) is 3.64. The van der Waals surface area contributed by atoms with E-state index in [2.05, 4.69) is 24.2 Å². The third-order valence-corrected chi connectivity index (χ3v) is 10.4. The maximum atomic E-state index is 12.9. The van der Waals surface area contributed by atoms with Gasteiger partial charge in [-0.1, -0.05) is 161 Å². The summed E-state index contributed by atoms with van der Waals surface area (Å²) in [6.45, 7) is 14.9. The number of esters is 2. The fourth-order valence-corrected chi connectivity index (χ4v) is 6.38. The fraction of sp³-hybridized carbons (Fsp3) is 0.891. The zero-order valence-corrected chi connectivity index (χ0v) is 37.6. The number of Topliss-reactive ketones (excluding diaryl/α,β-unsaturated/α-hetero) is 1. The number of ketones is 1. The summed E-state index contributed by atoms with van der Waals surface area (Å²) in [7, 11) is 1.67. The molecule has 0 aliphatic heterocycles. The second-order valence-corrected chi connectivity index (χ2v) is 16.0. The van der Waals surface area contributed by atoms with Crippen LogP contribution in [0.25, 0.3) is 0 Å². The second-order valence-electron chi connectivity index (χ2n) is 16.0. The molecule has 0 radical (unpaired) electrons. The number of carbonyl (C=O) groups is 3. The van der Waals surface area contributed by atoms with Crippen molar-refractivity contribution >= 4 is 17.7 Å². The maximum absolute atomic E-state index is 12.9. The quantitative estimate of drug-likeness (QED) is 0.0476. The number of hydrogen-bond donors (Lipinski definition) is 0. The number of aromatic nitrogens is 3. The molecule has 328 valence electrons. The minimum absolute atomic E-state index is 0.00120. The molecule has 10 nitrogen and oxygen atoms in total. The Morgan fingerprint density at radius 3 is 1.64 bits per heavy atom. The van der Waals surface area contributed by atoms with Gasteiger partial charge in [0.05, 0.1) is 24.4 Å². The smallest absolute Gasteiger partial charge is 0.306 e. The first kappa shape index (κ1) is 53.7. The molecule has 0 aliphatic rings. The normalized spacial score (nSPS) is 12.5. The first-order chi connectivity index (χ1) is 27.1. The van der Waals surface area contributed by atoms with Gasteiger partial charge in [0.1, 0.15) is 12.7 Å². The monoisotopic (exact) mass is 794 g/mol. The third-order valence-electron chi connectivity index (χ3n) is 10.4. The van der Waals surface area contributed by atoms with Crippen molar-refractivity contribution in [2.45, 2.75) is 246 Å². The molecule has 0 aliphatic carbocycles. The van der Waals surface area contributed by atoms with Crippen LogP contribution in [0.15, 0.2) is 6.20 Å². The fourth-order valence-electron chi connectivity index (χ4n) is 6.38. The number of methoxy groups -OCH3 is 1. The number of nitrogens with zero attached hydrogens (tertiary/aromatic N) is 3. The van der Waals surface area contributed by atoms with E-state index in [1.807, 2.05) is 27.7 Å². The van der Waals surface area contributed by atoms with Gasteiger partial charge in [-0.15, -0.1) is 5.10 Å². The zero-order valence-electron chi connectivity index (χ0n) is 37.6. The average molecular weight is 794 g/mol. The van der Waals surface area contributed by atoms with E-state index < -0.39 is 12.2 Å². The predicted molar refractivity (Wildman–Crippen MR) is 229 cm³/mol. The van der Waals surface area contributed by atoms with Crippen molar-refractivity contribution in [2.24, 2.45) is 0 Å². The first-order valence-electron chi connectivity index (χ1n) is 23.0. The van der Waals surface area contributed by atoms with Crippen molar-refractivity contribution in [3.05, 3.63) is 11.9 Å². The van der Waals surface area contributed by atoms with Crippen molar-refractivity contribution in [2.75, 3.05) is 20.3 Å². The number of carbonyl (C=O) groups excluding carboxylic acids is 3. The molecule has 0 fully saturated rings. The molecule has 10 heteroatoms. The van der Waals surface area contributed by atoms with Crippen molar-refractivity contribution in [3.8, 4) is 0 Å². The van der Waals surface area contributed by atoms with E-state index in [1.165, 1.54) is 103 Å². The van der Waals surface area contributed by atoms with Crippen LogP contribution in [-0.4, -0.2) is 70.8 Å². The van der Waals surface area contributed by atoms with Gasteiger partial charge in [0.25, 0.3) is 0 Å². The highest BCUT2D eigenvalue weighted by atomic mass is 16.6. The summed E-state index contributed by atoms with van der Waals surface area (Å²) in [5, 5.41) is 8.46. The summed E-state index contributed by atoms with van der Waals surface area (Å²) in [6, 6.07) is 0. The number of hydrogen-bond acceptors (Lipinski definition) is 9. The van der Waals surface area contributed by atoms with Gasteiger partial charge in [0, 0.05) is 39.0 Å². The Kier molecular flexibility index (Phi) is 35.4. The third kappa shape index (κ3) is 31.7. The van der Waals surface area contributed by atoms with Gasteiger partial charge in [-0.05, 0) is 40.0 Å². The van der Waals surface area contributed by atoms with E-state index in [4.69, 9.17) is 18.9 Å². The largest absolute Gasteiger partial charge is 0.462 e. The highest BCUT2D eigenvalue weighted by Crippen LogP contribution is 2.16. The Bertz CT molecular complexity index is 1080. The molecule has 1 aromatic rings. The van der Waals surface area contributed by atoms with Gasteiger partial charge in [-0.3, -0.25) is 14.4 Å². The van der Waals surface area contributed by atoms with Crippen LogP contribution in [0.3, 0.4) is 0 Å². The number of rotatable bonds is 38. The number of aryl methyl sites for hydroxylation is 1. The van der Waals surface area contributed by atoms with Crippen LogP contribution < -0.4 is 0 Å². The molecule has 2 unspecified atom stereocenters. The lowest BCUT2D eigenvalue weighted by molar-refractivity contribution is -0.160. The summed E-state index contributed by atoms with van der Waals surface area (Å²) in [6.07, 6.45) is 29.4. The van der Waals surface area contributed by atoms with Crippen molar-refractivity contribution < 1.29 is 33.3 Å². The molecule has 0 saturated carbocycles. The van der Waals surface area contributed by atoms with Crippen LogP contribution >= 0.6 is 0 Å². The van der Waals surface area contributed by atoms with E-state index in [0.29, 0.717) is 38.0 Å². The molecular formula is C46H87N3O7. The van der Waals surface area contributed by atoms with Crippen molar-refractivity contribution in [3.63, 3.8) is 0 Å². The Morgan fingerprint density at radius 1 is 0.696 bits per heavy atom. The summed E-state index contributed by atoms with van der Waals surface area (Å²) in [5.41, 5.74) is 0.362. The van der Waals surface area contributed by atoms with E-state index in [1.54, 1.807) is 24.9 Å². The standard InChI is InChI=1S/C44H81N3O7.C2H6/c1-7-9-11-13-15-17-19-21-23-25-27-29-42(49)53-37-40(54-43(50)30-28-26-24-22-20-18-16-14-12-10-8-2)36-47-35-39(45-46-47)31-32-41(48)38(3)52-34-33-44(4,5)51-6;1-2/h35,38,40H,7-34,36-37H2,1-6H3;1-2H3. The van der Waals surface area contributed by atoms with Crippen LogP contribution in [0.1, 0.15) is 221 Å². The lowest BCUT2D eigenvalue weighted by Gasteiger charge is -2.23. The molecule has 56 heavy (non-hydrogen) atoms.